The Bertz CT molecular complexity index is 183. The van der Waals surface area contributed by atoms with Crippen LogP contribution < -0.4 is 16.8 Å². The van der Waals surface area contributed by atoms with E-state index in [9.17, 15) is 0 Å². The quantitative estimate of drug-likeness (QED) is 0.415. The van der Waals surface area contributed by atoms with Gasteiger partial charge in [0.1, 0.15) is 0 Å². The predicted octanol–water partition coefficient (Wildman–Crippen LogP) is 0.377. The van der Waals surface area contributed by atoms with Crippen molar-refractivity contribution in [3.05, 3.63) is 24.2 Å². The number of rotatable bonds is 6. The van der Waals surface area contributed by atoms with Crippen LogP contribution in [0.25, 0.3) is 0 Å². The van der Waals surface area contributed by atoms with Crippen LogP contribution in [0.5, 0.6) is 0 Å². The second kappa shape index (κ2) is 7.49. The van der Waals surface area contributed by atoms with Crippen molar-refractivity contribution >= 4 is 0 Å². The molecule has 5 N–H and O–H groups in total. The molecule has 78 valence electrons. The van der Waals surface area contributed by atoms with Gasteiger partial charge in [0, 0.05) is 13.9 Å². The van der Waals surface area contributed by atoms with Crippen LogP contribution in [-0.2, 0) is 4.74 Å². The summed E-state index contributed by atoms with van der Waals surface area (Å²) in [6.45, 7) is 3.62. The molecule has 0 bridgehead atoms. The van der Waals surface area contributed by atoms with Gasteiger partial charge in [0.15, 0.2) is 5.88 Å². The lowest BCUT2D eigenvalue weighted by atomic mass is 10.2. The summed E-state index contributed by atoms with van der Waals surface area (Å²) in [5, 5.41) is 3.06. The first kappa shape index (κ1) is 11.8. The molecule has 0 radical (unpaired) electrons. The van der Waals surface area contributed by atoms with Gasteiger partial charge in [0.2, 0.25) is 0 Å². The van der Waals surface area contributed by atoms with E-state index in [1.165, 1.54) is 6.20 Å². The lowest BCUT2D eigenvalue weighted by Crippen LogP contribution is -2.21. The van der Waals surface area contributed by atoms with Gasteiger partial charge in [0.05, 0.1) is 6.61 Å². The van der Waals surface area contributed by atoms with Gasteiger partial charge in [-0.25, -0.2) is 0 Å². The molecule has 4 nitrogen and oxygen atoms in total. The minimum absolute atomic E-state index is 0. The van der Waals surface area contributed by atoms with E-state index in [4.69, 9.17) is 16.2 Å². The first-order valence-electron chi connectivity index (χ1n) is 4.32. The molecule has 0 aliphatic heterocycles. The molecule has 0 saturated heterocycles. The molecule has 0 spiro atoms. The van der Waals surface area contributed by atoms with Gasteiger partial charge in [-0.05, 0) is 25.4 Å². The topological polar surface area (TPSA) is 73.3 Å². The van der Waals surface area contributed by atoms with E-state index in [0.29, 0.717) is 18.4 Å². The van der Waals surface area contributed by atoms with Gasteiger partial charge < -0.3 is 21.5 Å². The molecule has 0 rings (SSSR count). The third kappa shape index (κ3) is 7.21. The normalized spacial score (nSPS) is 14.8. The summed E-state index contributed by atoms with van der Waals surface area (Å²) < 4.78 is 5.25. The zero-order valence-electron chi connectivity index (χ0n) is 8.29. The maximum Gasteiger partial charge on any atom is 0.183 e. The second-order valence-corrected chi connectivity index (χ2v) is 2.93. The number of nitrogens with two attached hydrogens (primary N) is 2. The Morgan fingerprint density at radius 3 is 2.92 bits per heavy atom. The van der Waals surface area contributed by atoms with Crippen LogP contribution >= 0.6 is 0 Å². The molecule has 0 aliphatic rings. The summed E-state index contributed by atoms with van der Waals surface area (Å²) in [6.07, 6.45) is 4.68. The molecule has 0 aromatic carbocycles. The Morgan fingerprint density at radius 1 is 1.69 bits per heavy atom. The van der Waals surface area contributed by atoms with Crippen LogP contribution in [0.15, 0.2) is 24.2 Å². The Morgan fingerprint density at radius 2 is 2.38 bits per heavy atom. The van der Waals surface area contributed by atoms with Crippen LogP contribution in [0.3, 0.4) is 0 Å². The Hall–Kier alpha value is -1.16. The summed E-state index contributed by atoms with van der Waals surface area (Å²) in [5.41, 5.74) is 10.7. The van der Waals surface area contributed by atoms with Crippen molar-refractivity contribution in [3.63, 3.8) is 0 Å². The van der Waals surface area contributed by atoms with Crippen molar-refractivity contribution in [2.24, 2.45) is 17.4 Å². The van der Waals surface area contributed by atoms with Gasteiger partial charge in [-0.3, -0.25) is 0 Å². The minimum atomic E-state index is 0. The van der Waals surface area contributed by atoms with E-state index in [1.807, 2.05) is 7.05 Å². The van der Waals surface area contributed by atoms with E-state index >= 15 is 0 Å². The third-order valence-electron chi connectivity index (χ3n) is 1.46. The monoisotopic (exact) mass is 187 g/mol. The average molecular weight is 187 g/mol. The molecule has 0 fully saturated rings. The first-order chi connectivity index (χ1) is 6.20. The summed E-state index contributed by atoms with van der Waals surface area (Å²) in [7, 11) is 1.91. The highest BCUT2D eigenvalue weighted by atomic mass is 16.5. The fraction of sp³-hybridized carbons (Fsp3) is 0.556. The molecule has 0 aliphatic carbocycles. The molecule has 0 aromatic rings. The van der Waals surface area contributed by atoms with Crippen LogP contribution in [-0.4, -0.2) is 20.2 Å². The standard InChI is InChI=1S/C9H19N3O.H2/c1-8(6-12-2)7-13-9(11)4-3-5-10;/h3-5,8,12H,6-7,10-11H2,1-2H3;1H/b5-3-,9-4+;. The van der Waals surface area contributed by atoms with Crippen LogP contribution in [0.4, 0.5) is 0 Å². The van der Waals surface area contributed by atoms with Crippen molar-refractivity contribution in [2.45, 2.75) is 6.92 Å². The summed E-state index contributed by atoms with van der Waals surface area (Å²) in [6, 6.07) is 0. The highest BCUT2D eigenvalue weighted by Crippen LogP contribution is 1.97. The van der Waals surface area contributed by atoms with Crippen LogP contribution in [0.2, 0.25) is 0 Å². The van der Waals surface area contributed by atoms with Crippen molar-refractivity contribution < 1.29 is 6.16 Å². The van der Waals surface area contributed by atoms with E-state index in [0.717, 1.165) is 6.54 Å². The molecule has 0 heterocycles. The second-order valence-electron chi connectivity index (χ2n) is 2.93. The molecule has 1 unspecified atom stereocenters. The van der Waals surface area contributed by atoms with Crippen molar-refractivity contribution in [1.82, 2.24) is 5.32 Å². The van der Waals surface area contributed by atoms with Gasteiger partial charge in [-0.1, -0.05) is 6.92 Å². The molecular formula is C9H21N3O. The first-order valence-corrected chi connectivity index (χ1v) is 4.32. The number of nitrogens with one attached hydrogen (secondary N) is 1. The number of hydrogen-bond acceptors (Lipinski definition) is 4. The fourth-order valence-corrected chi connectivity index (χ4v) is 0.844. The van der Waals surface area contributed by atoms with Gasteiger partial charge in [-0.15, -0.1) is 0 Å². The fourth-order valence-electron chi connectivity index (χ4n) is 0.844. The van der Waals surface area contributed by atoms with Crippen molar-refractivity contribution in [3.8, 4) is 0 Å². The van der Waals surface area contributed by atoms with Gasteiger partial charge >= 0.3 is 0 Å². The maximum absolute atomic E-state index is 5.52. The molecule has 13 heavy (non-hydrogen) atoms. The van der Waals surface area contributed by atoms with Crippen LogP contribution in [0, 0.1) is 5.92 Å². The maximum atomic E-state index is 5.52. The molecule has 0 saturated carbocycles. The van der Waals surface area contributed by atoms with Crippen LogP contribution in [0.1, 0.15) is 8.35 Å². The van der Waals surface area contributed by atoms with Gasteiger partial charge in [-0.2, -0.15) is 0 Å². The summed E-state index contributed by atoms with van der Waals surface area (Å²) >= 11 is 0. The lowest BCUT2D eigenvalue weighted by molar-refractivity contribution is 0.169. The highest BCUT2D eigenvalue weighted by molar-refractivity contribution is 5.03. The molecule has 4 heteroatoms. The summed E-state index contributed by atoms with van der Waals surface area (Å²) in [4.78, 5) is 0. The number of allylic oxidation sites excluding steroid dienone is 2. The number of ether oxygens (including phenoxy) is 1. The predicted molar refractivity (Wildman–Crippen MR) is 56.8 cm³/mol. The van der Waals surface area contributed by atoms with E-state index < -0.39 is 0 Å². The SMILES string of the molecule is CNCC(C)CO/C(N)=C/C=C\N.[HH]. The summed E-state index contributed by atoms with van der Waals surface area (Å²) in [5.74, 6) is 0.837. The Balaban J connectivity index is 0. The van der Waals surface area contributed by atoms with E-state index in [2.05, 4.69) is 12.2 Å². The molecule has 1 atom stereocenters. The van der Waals surface area contributed by atoms with Crippen molar-refractivity contribution in [2.75, 3.05) is 20.2 Å². The average Bonchev–Trinajstić information content (AvgIpc) is 2.12. The third-order valence-corrected chi connectivity index (χ3v) is 1.46. The number of hydrogen-bond donors (Lipinski definition) is 3. The zero-order chi connectivity index (χ0) is 10.1. The Labute approximate surface area is 81.1 Å². The smallest absolute Gasteiger partial charge is 0.183 e. The molecular weight excluding hydrogens is 166 g/mol. The Kier molecular flexibility index (Phi) is 6.82. The molecule has 0 aromatic heterocycles. The van der Waals surface area contributed by atoms with Gasteiger partial charge in [0.25, 0.3) is 0 Å². The highest BCUT2D eigenvalue weighted by Gasteiger charge is 2.00. The van der Waals surface area contributed by atoms with E-state index in [1.54, 1.807) is 12.2 Å². The van der Waals surface area contributed by atoms with Crippen molar-refractivity contribution in [1.29, 1.82) is 0 Å². The lowest BCUT2D eigenvalue weighted by Gasteiger charge is -2.11. The zero-order valence-corrected chi connectivity index (χ0v) is 8.29. The molecule has 0 amide bonds. The minimum Gasteiger partial charge on any atom is -0.479 e. The van der Waals surface area contributed by atoms with E-state index in [-0.39, 0.29) is 1.43 Å². The largest absolute Gasteiger partial charge is 0.479 e.